The number of nitrogens with zero attached hydrogens (tertiary/aromatic N) is 1. The number of aryl methyl sites for hydroxylation is 2. The van der Waals surface area contributed by atoms with Crippen LogP contribution in [0.15, 0.2) is 77.7 Å². The predicted molar refractivity (Wildman–Crippen MR) is 123 cm³/mol. The lowest BCUT2D eigenvalue weighted by Gasteiger charge is -2.18. The smallest absolute Gasteiger partial charge is 0.251 e. The highest BCUT2D eigenvalue weighted by atomic mass is 32.2. The van der Waals surface area contributed by atoms with Crippen molar-refractivity contribution in [2.45, 2.75) is 38.3 Å². The number of sulfonamides is 1. The van der Waals surface area contributed by atoms with Crippen LogP contribution >= 0.6 is 0 Å². The Hall–Kier alpha value is -2.96. The van der Waals surface area contributed by atoms with Gasteiger partial charge >= 0.3 is 0 Å². The van der Waals surface area contributed by atoms with E-state index in [1.165, 1.54) is 9.87 Å². The van der Waals surface area contributed by atoms with E-state index in [9.17, 15) is 13.2 Å². The van der Waals surface area contributed by atoms with Gasteiger partial charge in [0.15, 0.2) is 0 Å². The summed E-state index contributed by atoms with van der Waals surface area (Å²) in [6, 6.07) is 21.4. The van der Waals surface area contributed by atoms with E-state index in [-0.39, 0.29) is 23.4 Å². The molecule has 0 fully saturated rings. The summed E-state index contributed by atoms with van der Waals surface area (Å²) in [4.78, 5) is 12.9. The van der Waals surface area contributed by atoms with E-state index < -0.39 is 10.0 Å². The largest absolute Gasteiger partial charge is 0.346 e. The molecule has 0 heterocycles. The molecule has 0 unspecified atom stereocenters. The van der Waals surface area contributed by atoms with Crippen LogP contribution < -0.4 is 5.32 Å². The molecule has 0 aliphatic carbocycles. The van der Waals surface area contributed by atoms with Gasteiger partial charge in [0.2, 0.25) is 10.0 Å². The summed E-state index contributed by atoms with van der Waals surface area (Å²) >= 11 is 0. The van der Waals surface area contributed by atoms with Gasteiger partial charge in [-0.05, 0) is 61.7 Å². The number of carbonyl (C=O) groups is 1. The summed E-state index contributed by atoms with van der Waals surface area (Å²) in [6.45, 7) is 6.27. The minimum Gasteiger partial charge on any atom is -0.346 e. The molecule has 3 aromatic rings. The zero-order valence-corrected chi connectivity index (χ0v) is 19.1. The molecule has 0 aromatic heterocycles. The summed E-state index contributed by atoms with van der Waals surface area (Å²) in [6.07, 6.45) is 0. The maximum atomic E-state index is 12.7. The van der Waals surface area contributed by atoms with Crippen LogP contribution in [0.5, 0.6) is 0 Å². The third-order valence-electron chi connectivity index (χ3n) is 5.31. The monoisotopic (exact) mass is 436 g/mol. The average molecular weight is 437 g/mol. The molecule has 1 N–H and O–H groups in total. The molecular formula is C25H28N2O3S. The quantitative estimate of drug-likeness (QED) is 0.588. The summed E-state index contributed by atoms with van der Waals surface area (Å²) in [5, 5.41) is 3.03. The predicted octanol–water partition coefficient (Wildman–Crippen LogP) is 4.62. The van der Waals surface area contributed by atoms with Gasteiger partial charge in [0.1, 0.15) is 0 Å². The second-order valence-electron chi connectivity index (χ2n) is 7.83. The van der Waals surface area contributed by atoms with Gasteiger partial charge < -0.3 is 5.32 Å². The lowest BCUT2D eigenvalue weighted by molar-refractivity contribution is 0.0940. The molecule has 0 aliphatic heterocycles. The number of rotatable bonds is 7. The molecule has 0 radical (unpaired) electrons. The van der Waals surface area contributed by atoms with Crippen molar-refractivity contribution in [1.82, 2.24) is 9.62 Å². The Kier molecular flexibility index (Phi) is 6.93. The number of hydrogen-bond donors (Lipinski definition) is 1. The highest BCUT2D eigenvalue weighted by molar-refractivity contribution is 7.89. The fraction of sp³-hybridized carbons (Fsp3) is 0.240. The number of amides is 1. The zero-order chi connectivity index (χ0) is 22.6. The maximum absolute atomic E-state index is 12.7. The molecular weight excluding hydrogens is 408 g/mol. The van der Waals surface area contributed by atoms with Gasteiger partial charge in [-0.25, -0.2) is 8.42 Å². The van der Waals surface area contributed by atoms with Crippen LogP contribution in [-0.4, -0.2) is 25.7 Å². The third-order valence-corrected chi connectivity index (χ3v) is 7.13. The molecule has 162 valence electrons. The average Bonchev–Trinajstić information content (AvgIpc) is 2.74. The van der Waals surface area contributed by atoms with Crippen molar-refractivity contribution in [3.63, 3.8) is 0 Å². The van der Waals surface area contributed by atoms with Gasteiger partial charge in [-0.3, -0.25) is 4.79 Å². The molecule has 6 heteroatoms. The molecule has 1 atom stereocenters. The van der Waals surface area contributed by atoms with Crippen LogP contribution in [0, 0.1) is 13.8 Å². The molecule has 3 aromatic carbocycles. The SMILES string of the molecule is Cc1ccc([C@H](C)NC(=O)c2ccc(CN(C)S(=O)(=O)c3ccccc3)cc2)c(C)c1. The van der Waals surface area contributed by atoms with Gasteiger partial charge in [-0.15, -0.1) is 0 Å². The number of nitrogens with one attached hydrogen (secondary N) is 1. The first-order valence-electron chi connectivity index (χ1n) is 10.2. The second kappa shape index (κ2) is 9.45. The molecule has 0 aliphatic rings. The topological polar surface area (TPSA) is 66.5 Å². The van der Waals surface area contributed by atoms with Crippen molar-refractivity contribution in [2.24, 2.45) is 0 Å². The Bertz CT molecular complexity index is 1160. The first-order chi connectivity index (χ1) is 14.7. The first kappa shape index (κ1) is 22.7. The van der Waals surface area contributed by atoms with E-state index in [0.29, 0.717) is 5.56 Å². The van der Waals surface area contributed by atoms with Crippen LogP contribution in [0.2, 0.25) is 0 Å². The normalized spacial score (nSPS) is 12.5. The number of hydrogen-bond acceptors (Lipinski definition) is 3. The highest BCUT2D eigenvalue weighted by Crippen LogP contribution is 2.20. The van der Waals surface area contributed by atoms with Crippen molar-refractivity contribution < 1.29 is 13.2 Å². The molecule has 5 nitrogen and oxygen atoms in total. The minimum atomic E-state index is -3.56. The van der Waals surface area contributed by atoms with Crippen molar-refractivity contribution in [2.75, 3.05) is 7.05 Å². The summed E-state index contributed by atoms with van der Waals surface area (Å²) in [7, 11) is -2.01. The van der Waals surface area contributed by atoms with E-state index in [2.05, 4.69) is 11.4 Å². The van der Waals surface area contributed by atoms with Crippen LogP contribution in [0.25, 0.3) is 0 Å². The molecule has 0 bridgehead atoms. The standard InChI is InChI=1S/C25H28N2O3S/c1-18-10-15-24(19(2)16-18)20(3)26-25(28)22-13-11-21(12-14-22)17-27(4)31(29,30)23-8-6-5-7-9-23/h5-16,20H,17H2,1-4H3,(H,26,28)/t20-/m0/s1. The van der Waals surface area contributed by atoms with E-state index in [4.69, 9.17) is 0 Å². The molecule has 0 saturated carbocycles. The van der Waals surface area contributed by atoms with Crippen molar-refractivity contribution in [3.05, 3.63) is 101 Å². The highest BCUT2D eigenvalue weighted by Gasteiger charge is 2.20. The Morgan fingerprint density at radius 2 is 1.61 bits per heavy atom. The Morgan fingerprint density at radius 1 is 0.968 bits per heavy atom. The van der Waals surface area contributed by atoms with E-state index in [1.807, 2.05) is 32.9 Å². The Labute approximate surface area is 184 Å². The lowest BCUT2D eigenvalue weighted by atomic mass is 10.00. The molecule has 3 rings (SSSR count). The fourth-order valence-corrected chi connectivity index (χ4v) is 4.73. The third kappa shape index (κ3) is 5.40. The Morgan fingerprint density at radius 3 is 2.23 bits per heavy atom. The zero-order valence-electron chi connectivity index (χ0n) is 18.3. The summed E-state index contributed by atoms with van der Waals surface area (Å²) < 4.78 is 26.7. The fourth-order valence-electron chi connectivity index (χ4n) is 3.55. The molecule has 0 spiro atoms. The van der Waals surface area contributed by atoms with Crippen molar-refractivity contribution >= 4 is 15.9 Å². The van der Waals surface area contributed by atoms with Crippen molar-refractivity contribution in [3.8, 4) is 0 Å². The van der Waals surface area contributed by atoms with E-state index >= 15 is 0 Å². The summed E-state index contributed by atoms with van der Waals surface area (Å²) in [5.41, 5.74) is 4.76. The maximum Gasteiger partial charge on any atom is 0.251 e. The summed E-state index contributed by atoms with van der Waals surface area (Å²) in [5.74, 6) is -0.163. The van der Waals surface area contributed by atoms with Crippen LogP contribution in [0.3, 0.4) is 0 Å². The second-order valence-corrected chi connectivity index (χ2v) is 9.87. The van der Waals surface area contributed by atoms with E-state index in [1.54, 1.807) is 61.6 Å². The van der Waals surface area contributed by atoms with Crippen LogP contribution in [0.4, 0.5) is 0 Å². The number of carbonyl (C=O) groups excluding carboxylic acids is 1. The van der Waals surface area contributed by atoms with Gasteiger partial charge in [-0.1, -0.05) is 54.1 Å². The van der Waals surface area contributed by atoms with Gasteiger partial charge in [0.05, 0.1) is 10.9 Å². The van der Waals surface area contributed by atoms with Crippen molar-refractivity contribution in [1.29, 1.82) is 0 Å². The lowest BCUT2D eigenvalue weighted by Crippen LogP contribution is -2.27. The van der Waals surface area contributed by atoms with Gasteiger partial charge in [-0.2, -0.15) is 4.31 Å². The van der Waals surface area contributed by atoms with Gasteiger partial charge in [0, 0.05) is 19.2 Å². The van der Waals surface area contributed by atoms with Crippen LogP contribution in [0.1, 0.15) is 45.6 Å². The molecule has 0 saturated heterocycles. The first-order valence-corrected chi connectivity index (χ1v) is 11.6. The number of benzene rings is 3. The minimum absolute atomic E-state index is 0.116. The molecule has 1 amide bonds. The van der Waals surface area contributed by atoms with E-state index in [0.717, 1.165) is 16.7 Å². The van der Waals surface area contributed by atoms with Crippen LogP contribution in [-0.2, 0) is 16.6 Å². The Balaban J connectivity index is 1.66. The molecule has 31 heavy (non-hydrogen) atoms. The van der Waals surface area contributed by atoms with Gasteiger partial charge in [0.25, 0.3) is 5.91 Å².